The number of sulfonamides is 1. The van der Waals surface area contributed by atoms with Crippen molar-refractivity contribution in [2.24, 2.45) is 0 Å². The Kier molecular flexibility index (Phi) is 4.65. The van der Waals surface area contributed by atoms with Crippen LogP contribution in [0.1, 0.15) is 22.8 Å². The number of carbonyl (C=O) groups excluding carboxylic acids is 1. The molecule has 27 heavy (non-hydrogen) atoms. The van der Waals surface area contributed by atoms with E-state index in [1.54, 1.807) is 23.1 Å². The van der Waals surface area contributed by atoms with Gasteiger partial charge in [-0.05, 0) is 43.2 Å². The predicted molar refractivity (Wildman–Crippen MR) is 104 cm³/mol. The largest absolute Gasteiger partial charge is 0.333 e. The number of nitrogens with zero attached hydrogens (tertiary/aromatic N) is 2. The summed E-state index contributed by atoms with van der Waals surface area (Å²) in [4.78, 5) is 14.9. The molecule has 0 radical (unpaired) electrons. The Labute approximate surface area is 159 Å². The van der Waals surface area contributed by atoms with Crippen molar-refractivity contribution in [3.05, 3.63) is 59.7 Å². The number of anilines is 1. The molecule has 1 saturated heterocycles. The number of benzene rings is 2. The molecule has 1 amide bonds. The highest BCUT2D eigenvalue weighted by atomic mass is 32.2. The third-order valence-electron chi connectivity index (χ3n) is 5.28. The molecule has 4 rings (SSSR count). The molecule has 0 spiro atoms. The zero-order valence-electron chi connectivity index (χ0n) is 15.3. The lowest BCUT2D eigenvalue weighted by Gasteiger charge is -2.34. The fraction of sp³-hybridized carbons (Fsp3) is 0.350. The van der Waals surface area contributed by atoms with Crippen LogP contribution in [0.25, 0.3) is 0 Å². The molecule has 2 aliphatic heterocycles. The Morgan fingerprint density at radius 1 is 1.11 bits per heavy atom. The Balaban J connectivity index is 1.65. The molecular formula is C20H23N3O3S. The fourth-order valence-corrected chi connectivity index (χ4v) is 5.33. The first-order chi connectivity index (χ1) is 13.0. The van der Waals surface area contributed by atoms with Crippen LogP contribution in [-0.2, 0) is 16.4 Å². The van der Waals surface area contributed by atoms with Crippen LogP contribution in [0.3, 0.4) is 0 Å². The summed E-state index contributed by atoms with van der Waals surface area (Å²) in [5, 5.41) is 3.26. The van der Waals surface area contributed by atoms with Gasteiger partial charge in [-0.15, -0.1) is 0 Å². The second-order valence-electron chi connectivity index (χ2n) is 7.04. The molecule has 2 heterocycles. The van der Waals surface area contributed by atoms with Gasteiger partial charge in [0.25, 0.3) is 15.9 Å². The Bertz CT molecular complexity index is 974. The van der Waals surface area contributed by atoms with Gasteiger partial charge in [-0.25, -0.2) is 8.42 Å². The molecule has 2 aromatic carbocycles. The first-order valence-electron chi connectivity index (χ1n) is 9.21. The second kappa shape index (κ2) is 6.98. The van der Waals surface area contributed by atoms with Crippen LogP contribution in [0, 0.1) is 0 Å². The van der Waals surface area contributed by atoms with E-state index in [9.17, 15) is 13.2 Å². The van der Waals surface area contributed by atoms with Gasteiger partial charge < -0.3 is 10.2 Å². The van der Waals surface area contributed by atoms with E-state index in [0.717, 1.165) is 24.3 Å². The van der Waals surface area contributed by atoms with Crippen molar-refractivity contribution in [1.29, 1.82) is 0 Å². The average Bonchev–Trinajstić information content (AvgIpc) is 3.13. The SMILES string of the molecule is C[C@H]1CNCCN1C(=O)c1cccc(S(=O)(=O)N2CCc3ccccc32)c1. The maximum absolute atomic E-state index is 13.2. The van der Waals surface area contributed by atoms with Crippen LogP contribution in [-0.4, -0.2) is 51.4 Å². The minimum absolute atomic E-state index is 0.0805. The molecule has 142 valence electrons. The van der Waals surface area contributed by atoms with Crippen LogP contribution in [0.5, 0.6) is 0 Å². The average molecular weight is 385 g/mol. The van der Waals surface area contributed by atoms with Crippen LogP contribution in [0.4, 0.5) is 5.69 Å². The van der Waals surface area contributed by atoms with Crippen molar-refractivity contribution >= 4 is 21.6 Å². The number of fused-ring (bicyclic) bond motifs is 1. The third kappa shape index (κ3) is 3.21. The fourth-order valence-electron chi connectivity index (χ4n) is 3.78. The zero-order valence-corrected chi connectivity index (χ0v) is 16.1. The Morgan fingerprint density at radius 2 is 1.93 bits per heavy atom. The molecule has 1 fully saturated rings. The lowest BCUT2D eigenvalue weighted by Crippen LogP contribution is -2.52. The standard InChI is InChI=1S/C20H23N3O3S/c1-15-14-21-10-12-22(15)20(24)17-6-4-7-18(13-17)27(25,26)23-11-9-16-5-2-3-8-19(16)23/h2-8,13,15,21H,9-12,14H2,1H3/t15-/m0/s1. The van der Waals surface area contributed by atoms with Crippen LogP contribution in [0.15, 0.2) is 53.4 Å². The molecule has 2 aliphatic rings. The van der Waals surface area contributed by atoms with Crippen molar-refractivity contribution in [3.8, 4) is 0 Å². The van der Waals surface area contributed by atoms with Gasteiger partial charge in [0.2, 0.25) is 0 Å². The molecule has 0 unspecified atom stereocenters. The number of hydrogen-bond acceptors (Lipinski definition) is 4. The quantitative estimate of drug-likeness (QED) is 0.876. The first-order valence-corrected chi connectivity index (χ1v) is 10.6. The Hall–Kier alpha value is -2.38. The topological polar surface area (TPSA) is 69.7 Å². The highest BCUT2D eigenvalue weighted by Crippen LogP contribution is 2.32. The van der Waals surface area contributed by atoms with Gasteiger partial charge in [-0.3, -0.25) is 9.10 Å². The first kappa shape index (κ1) is 18.0. The van der Waals surface area contributed by atoms with Gasteiger partial charge in [-0.1, -0.05) is 24.3 Å². The lowest BCUT2D eigenvalue weighted by molar-refractivity contribution is 0.0655. The maximum Gasteiger partial charge on any atom is 0.264 e. The van der Waals surface area contributed by atoms with Crippen molar-refractivity contribution in [2.75, 3.05) is 30.5 Å². The number of carbonyl (C=O) groups is 1. The van der Waals surface area contributed by atoms with Gasteiger partial charge in [0.05, 0.1) is 10.6 Å². The molecule has 6 nitrogen and oxygen atoms in total. The van der Waals surface area contributed by atoms with Gasteiger partial charge in [-0.2, -0.15) is 0 Å². The van der Waals surface area contributed by atoms with Crippen molar-refractivity contribution in [1.82, 2.24) is 10.2 Å². The molecule has 0 bridgehead atoms. The minimum Gasteiger partial charge on any atom is -0.333 e. The summed E-state index contributed by atoms with van der Waals surface area (Å²) < 4.78 is 27.9. The van der Waals surface area contributed by atoms with E-state index < -0.39 is 10.0 Å². The summed E-state index contributed by atoms with van der Waals surface area (Å²) in [6.45, 7) is 4.53. The molecule has 7 heteroatoms. The normalized spacial score (nSPS) is 19.8. The molecule has 0 aliphatic carbocycles. The lowest BCUT2D eigenvalue weighted by atomic mass is 10.1. The molecule has 1 N–H and O–H groups in total. The van der Waals surface area contributed by atoms with Crippen molar-refractivity contribution in [2.45, 2.75) is 24.3 Å². The number of para-hydroxylation sites is 1. The van der Waals surface area contributed by atoms with E-state index in [1.165, 1.54) is 10.4 Å². The summed E-state index contributed by atoms with van der Waals surface area (Å²) in [6, 6.07) is 14.0. The molecular weight excluding hydrogens is 362 g/mol. The summed E-state index contributed by atoms with van der Waals surface area (Å²) >= 11 is 0. The highest BCUT2D eigenvalue weighted by Gasteiger charge is 2.31. The van der Waals surface area contributed by atoms with Crippen LogP contribution in [0.2, 0.25) is 0 Å². The molecule has 2 aromatic rings. The number of nitrogens with one attached hydrogen (secondary N) is 1. The van der Waals surface area contributed by atoms with E-state index in [1.807, 2.05) is 31.2 Å². The summed E-state index contributed by atoms with van der Waals surface area (Å²) in [5.41, 5.74) is 2.17. The van der Waals surface area contributed by atoms with Crippen LogP contribution >= 0.6 is 0 Å². The van der Waals surface area contributed by atoms with E-state index >= 15 is 0 Å². The predicted octanol–water partition coefficient (Wildman–Crippen LogP) is 1.87. The number of piperazine rings is 1. The van der Waals surface area contributed by atoms with Crippen molar-refractivity contribution < 1.29 is 13.2 Å². The molecule has 1 atom stereocenters. The summed E-state index contributed by atoms with van der Waals surface area (Å²) in [5.74, 6) is -0.122. The smallest absolute Gasteiger partial charge is 0.264 e. The van der Waals surface area contributed by atoms with E-state index in [-0.39, 0.29) is 16.8 Å². The highest BCUT2D eigenvalue weighted by molar-refractivity contribution is 7.92. The van der Waals surface area contributed by atoms with Gasteiger partial charge in [0.15, 0.2) is 0 Å². The van der Waals surface area contributed by atoms with Crippen LogP contribution < -0.4 is 9.62 Å². The minimum atomic E-state index is -3.70. The second-order valence-corrected chi connectivity index (χ2v) is 8.90. The van der Waals surface area contributed by atoms with Crippen molar-refractivity contribution in [3.63, 3.8) is 0 Å². The van der Waals surface area contributed by atoms with E-state index in [4.69, 9.17) is 0 Å². The Morgan fingerprint density at radius 3 is 2.74 bits per heavy atom. The van der Waals surface area contributed by atoms with E-state index in [2.05, 4.69) is 5.32 Å². The molecule has 0 saturated carbocycles. The molecule has 0 aromatic heterocycles. The van der Waals surface area contributed by atoms with E-state index in [0.29, 0.717) is 25.1 Å². The maximum atomic E-state index is 13.2. The number of amides is 1. The number of rotatable bonds is 3. The number of hydrogen-bond donors (Lipinski definition) is 1. The zero-order chi connectivity index (χ0) is 19.0. The van der Waals surface area contributed by atoms with Gasteiger partial charge >= 0.3 is 0 Å². The van der Waals surface area contributed by atoms with Gasteiger partial charge in [0.1, 0.15) is 0 Å². The monoisotopic (exact) mass is 385 g/mol. The van der Waals surface area contributed by atoms with Gasteiger partial charge in [0, 0.05) is 37.8 Å². The summed E-state index contributed by atoms with van der Waals surface area (Å²) in [7, 11) is -3.70. The third-order valence-corrected chi connectivity index (χ3v) is 7.08. The summed E-state index contributed by atoms with van der Waals surface area (Å²) in [6.07, 6.45) is 0.701.